The van der Waals surface area contributed by atoms with E-state index in [2.05, 4.69) is 10.1 Å². The Bertz CT molecular complexity index is 334. The number of carbonyl (C=O) groups excluding carboxylic acids is 2. The van der Waals surface area contributed by atoms with Crippen molar-refractivity contribution in [2.45, 2.75) is 32.0 Å². The highest BCUT2D eigenvalue weighted by atomic mass is 19.4. The number of nitrogens with one attached hydrogen (secondary N) is 1. The average Bonchev–Trinajstić information content (AvgIpc) is 2.33. The molecule has 0 aromatic carbocycles. The van der Waals surface area contributed by atoms with Gasteiger partial charge in [0.25, 0.3) is 0 Å². The summed E-state index contributed by atoms with van der Waals surface area (Å²) >= 11 is 0. The van der Waals surface area contributed by atoms with Crippen molar-refractivity contribution < 1.29 is 27.5 Å². The first kappa shape index (κ1) is 15.7. The summed E-state index contributed by atoms with van der Waals surface area (Å²) in [5, 5.41) is 2.64. The number of rotatable bonds is 5. The second-order valence-electron chi connectivity index (χ2n) is 4.22. The fraction of sp³-hybridized carbons (Fsp3) is 0.818. The third kappa shape index (κ3) is 5.06. The van der Waals surface area contributed by atoms with Gasteiger partial charge in [-0.25, -0.2) is 0 Å². The first-order chi connectivity index (χ1) is 8.85. The summed E-state index contributed by atoms with van der Waals surface area (Å²) in [6, 6.07) is -0.538. The number of ether oxygens (including phenoxy) is 1. The molecule has 0 aromatic rings. The zero-order valence-corrected chi connectivity index (χ0v) is 10.6. The minimum atomic E-state index is -4.39. The third-order valence-electron chi connectivity index (χ3n) is 2.76. The predicted octanol–water partition coefficient (Wildman–Crippen LogP) is 0.692. The van der Waals surface area contributed by atoms with E-state index in [0.717, 1.165) is 0 Å². The van der Waals surface area contributed by atoms with Crippen molar-refractivity contribution in [3.8, 4) is 0 Å². The molecule has 5 nitrogen and oxygen atoms in total. The van der Waals surface area contributed by atoms with E-state index in [9.17, 15) is 22.8 Å². The topological polar surface area (TPSA) is 58.6 Å². The van der Waals surface area contributed by atoms with E-state index in [0.29, 0.717) is 19.5 Å². The first-order valence-electron chi connectivity index (χ1n) is 6.07. The highest BCUT2D eigenvalue weighted by molar-refractivity contribution is 5.88. The molecule has 0 saturated carbocycles. The van der Waals surface area contributed by atoms with Crippen LogP contribution in [0.2, 0.25) is 0 Å². The van der Waals surface area contributed by atoms with Gasteiger partial charge in [-0.3, -0.25) is 9.59 Å². The molecule has 0 aromatic heterocycles. The van der Waals surface area contributed by atoms with Crippen LogP contribution in [0.25, 0.3) is 0 Å². The normalized spacial score (nSPS) is 20.3. The Morgan fingerprint density at radius 2 is 2.21 bits per heavy atom. The smallest absolute Gasteiger partial charge is 0.372 e. The summed E-state index contributed by atoms with van der Waals surface area (Å²) in [5.41, 5.74) is 0. The Hall–Kier alpha value is -1.31. The molecular weight excluding hydrogens is 265 g/mol. The number of amides is 2. The van der Waals surface area contributed by atoms with Gasteiger partial charge in [-0.15, -0.1) is 0 Å². The lowest BCUT2D eigenvalue weighted by Crippen LogP contribution is -2.57. The minimum Gasteiger partial charge on any atom is -0.372 e. The van der Waals surface area contributed by atoms with Crippen LogP contribution in [0.4, 0.5) is 13.2 Å². The number of halogens is 3. The van der Waals surface area contributed by atoms with E-state index < -0.39 is 18.8 Å². The van der Waals surface area contributed by atoms with E-state index in [4.69, 9.17) is 0 Å². The van der Waals surface area contributed by atoms with Crippen LogP contribution in [0.15, 0.2) is 0 Å². The van der Waals surface area contributed by atoms with Crippen molar-refractivity contribution in [1.82, 2.24) is 10.2 Å². The van der Waals surface area contributed by atoms with Crippen molar-refractivity contribution >= 4 is 11.8 Å². The summed E-state index contributed by atoms with van der Waals surface area (Å²) < 4.78 is 39.9. The molecule has 0 aliphatic carbocycles. The maximum absolute atomic E-state index is 11.8. The summed E-state index contributed by atoms with van der Waals surface area (Å²) in [4.78, 5) is 24.7. The largest absolute Gasteiger partial charge is 0.411 e. The van der Waals surface area contributed by atoms with Gasteiger partial charge < -0.3 is 15.0 Å². The van der Waals surface area contributed by atoms with Gasteiger partial charge in [0.2, 0.25) is 11.8 Å². The van der Waals surface area contributed by atoms with E-state index in [-0.39, 0.29) is 24.8 Å². The Morgan fingerprint density at radius 3 is 2.79 bits per heavy atom. The standard InChI is InChI=1S/C11H17F3N2O3/c1-2-8-10(18)15-4-5-16(8)9(17)3-6-19-7-11(12,13)14/h8H,2-7H2,1H3,(H,15,18). The Morgan fingerprint density at radius 1 is 1.53 bits per heavy atom. The zero-order chi connectivity index (χ0) is 14.5. The summed E-state index contributed by atoms with van der Waals surface area (Å²) in [7, 11) is 0. The molecule has 0 bridgehead atoms. The number of piperazine rings is 1. The molecule has 1 heterocycles. The number of nitrogens with zero attached hydrogens (tertiary/aromatic N) is 1. The monoisotopic (exact) mass is 282 g/mol. The number of hydrogen-bond donors (Lipinski definition) is 1. The molecule has 110 valence electrons. The predicted molar refractivity (Wildman–Crippen MR) is 60.3 cm³/mol. The lowest BCUT2D eigenvalue weighted by molar-refractivity contribution is -0.175. The summed E-state index contributed by atoms with van der Waals surface area (Å²) in [5.74, 6) is -0.581. The van der Waals surface area contributed by atoms with Crippen LogP contribution in [-0.4, -0.2) is 55.2 Å². The van der Waals surface area contributed by atoms with Crippen molar-refractivity contribution in [3.05, 3.63) is 0 Å². The zero-order valence-electron chi connectivity index (χ0n) is 10.6. The fourth-order valence-corrected chi connectivity index (χ4v) is 1.91. The molecular formula is C11H17F3N2O3. The Balaban J connectivity index is 2.37. The SMILES string of the molecule is CCC1C(=O)NCCN1C(=O)CCOCC(F)(F)F. The lowest BCUT2D eigenvalue weighted by atomic mass is 10.1. The molecule has 1 aliphatic rings. The highest BCUT2D eigenvalue weighted by Crippen LogP contribution is 2.15. The van der Waals surface area contributed by atoms with Crippen LogP contribution in [0.1, 0.15) is 19.8 Å². The minimum absolute atomic E-state index is 0.153. The van der Waals surface area contributed by atoms with Crippen LogP contribution in [0.5, 0.6) is 0 Å². The van der Waals surface area contributed by atoms with Gasteiger partial charge in [-0.1, -0.05) is 6.92 Å². The molecule has 0 spiro atoms. The highest BCUT2D eigenvalue weighted by Gasteiger charge is 2.31. The Kier molecular flexibility index (Phi) is 5.59. The molecule has 2 amide bonds. The molecule has 0 radical (unpaired) electrons. The molecule has 1 fully saturated rings. The van der Waals surface area contributed by atoms with Crippen LogP contribution in [0.3, 0.4) is 0 Å². The van der Waals surface area contributed by atoms with E-state index in [1.807, 2.05) is 0 Å². The molecule has 1 aliphatic heterocycles. The van der Waals surface area contributed by atoms with Crippen molar-refractivity contribution in [1.29, 1.82) is 0 Å². The van der Waals surface area contributed by atoms with E-state index in [1.54, 1.807) is 6.92 Å². The van der Waals surface area contributed by atoms with E-state index in [1.165, 1.54) is 4.90 Å². The van der Waals surface area contributed by atoms with Gasteiger partial charge in [0, 0.05) is 13.1 Å². The molecule has 1 atom stereocenters. The number of carbonyl (C=O) groups is 2. The molecule has 1 saturated heterocycles. The molecule has 1 N–H and O–H groups in total. The van der Waals surface area contributed by atoms with Crippen molar-refractivity contribution in [3.63, 3.8) is 0 Å². The maximum atomic E-state index is 11.8. The van der Waals surface area contributed by atoms with Crippen LogP contribution >= 0.6 is 0 Å². The second-order valence-corrected chi connectivity index (χ2v) is 4.22. The van der Waals surface area contributed by atoms with Gasteiger partial charge in [0.15, 0.2) is 0 Å². The summed E-state index contributed by atoms with van der Waals surface area (Å²) in [6.45, 7) is 0.855. The fourth-order valence-electron chi connectivity index (χ4n) is 1.91. The van der Waals surface area contributed by atoms with Gasteiger partial charge >= 0.3 is 6.18 Å². The van der Waals surface area contributed by atoms with Crippen molar-refractivity contribution in [2.75, 3.05) is 26.3 Å². The van der Waals surface area contributed by atoms with Crippen LogP contribution in [0, 0.1) is 0 Å². The molecule has 8 heteroatoms. The Labute approximate surface area is 109 Å². The second kappa shape index (κ2) is 6.74. The third-order valence-corrected chi connectivity index (χ3v) is 2.76. The van der Waals surface area contributed by atoms with Gasteiger partial charge in [-0.05, 0) is 6.42 Å². The van der Waals surface area contributed by atoms with E-state index >= 15 is 0 Å². The summed E-state index contributed by atoms with van der Waals surface area (Å²) in [6.07, 6.45) is -4.07. The maximum Gasteiger partial charge on any atom is 0.411 e. The average molecular weight is 282 g/mol. The molecule has 1 unspecified atom stereocenters. The van der Waals surface area contributed by atoms with Gasteiger partial charge in [0.05, 0.1) is 13.0 Å². The number of alkyl halides is 3. The first-order valence-corrected chi connectivity index (χ1v) is 6.07. The van der Waals surface area contributed by atoms with Crippen LogP contribution < -0.4 is 5.32 Å². The van der Waals surface area contributed by atoms with Gasteiger partial charge in [0.1, 0.15) is 12.6 Å². The van der Waals surface area contributed by atoms with Gasteiger partial charge in [-0.2, -0.15) is 13.2 Å². The van der Waals surface area contributed by atoms with Crippen LogP contribution in [-0.2, 0) is 14.3 Å². The van der Waals surface area contributed by atoms with Crippen molar-refractivity contribution in [2.24, 2.45) is 0 Å². The number of hydrogen-bond acceptors (Lipinski definition) is 3. The quantitative estimate of drug-likeness (QED) is 0.755. The molecule has 19 heavy (non-hydrogen) atoms. The molecule has 1 rings (SSSR count). The lowest BCUT2D eigenvalue weighted by Gasteiger charge is -2.34.